The maximum Gasteiger partial charge on any atom is 0.336 e. The van der Waals surface area contributed by atoms with Crippen molar-refractivity contribution in [3.8, 4) is 0 Å². The molecule has 0 aliphatic rings. The van der Waals surface area contributed by atoms with Crippen LogP contribution in [0, 0.1) is 6.92 Å². The van der Waals surface area contributed by atoms with Crippen molar-refractivity contribution in [3.63, 3.8) is 0 Å². The molecular weight excluding hydrogens is 350 g/mol. The molecule has 0 aliphatic carbocycles. The second-order valence-electron chi connectivity index (χ2n) is 7.69. The molecule has 4 nitrogen and oxygen atoms in total. The van der Waals surface area contributed by atoms with E-state index in [4.69, 9.17) is 9.15 Å². The first-order chi connectivity index (χ1) is 13.5. The molecule has 2 aromatic carbocycles. The lowest BCUT2D eigenvalue weighted by Gasteiger charge is -2.23. The Morgan fingerprint density at radius 2 is 1.79 bits per heavy atom. The van der Waals surface area contributed by atoms with Crippen molar-refractivity contribution >= 4 is 11.0 Å². The highest BCUT2D eigenvalue weighted by molar-refractivity contribution is 5.80. The number of ether oxygens (including phenoxy) is 1. The molecule has 148 valence electrons. The van der Waals surface area contributed by atoms with Gasteiger partial charge >= 0.3 is 5.63 Å². The molecular formula is C24H29NO3. The summed E-state index contributed by atoms with van der Waals surface area (Å²) < 4.78 is 10.7. The van der Waals surface area contributed by atoms with Gasteiger partial charge in [-0.2, -0.15) is 0 Å². The Balaban J connectivity index is 1.87. The Hall–Kier alpha value is -2.43. The van der Waals surface area contributed by atoms with Gasteiger partial charge in [0.1, 0.15) is 5.58 Å². The zero-order valence-corrected chi connectivity index (χ0v) is 17.2. The molecule has 1 aromatic heterocycles. The van der Waals surface area contributed by atoms with Crippen LogP contribution >= 0.6 is 0 Å². The second kappa shape index (κ2) is 9.18. The van der Waals surface area contributed by atoms with Gasteiger partial charge in [0.05, 0.1) is 6.61 Å². The molecule has 0 atom stereocenters. The number of rotatable bonds is 8. The predicted molar refractivity (Wildman–Crippen MR) is 114 cm³/mol. The summed E-state index contributed by atoms with van der Waals surface area (Å²) in [6.45, 7) is 9.35. The molecule has 0 N–H and O–H groups in total. The third-order valence-corrected chi connectivity index (χ3v) is 5.04. The maximum atomic E-state index is 12.0. The number of methoxy groups -OCH3 is 1. The van der Waals surface area contributed by atoms with Gasteiger partial charge in [-0.15, -0.1) is 0 Å². The highest BCUT2D eigenvalue weighted by Crippen LogP contribution is 2.21. The third-order valence-electron chi connectivity index (χ3n) is 5.04. The van der Waals surface area contributed by atoms with E-state index in [2.05, 4.69) is 49.1 Å². The van der Waals surface area contributed by atoms with Crippen LogP contribution in [0.5, 0.6) is 0 Å². The Kier molecular flexibility index (Phi) is 6.65. The number of hydrogen-bond donors (Lipinski definition) is 0. The summed E-state index contributed by atoms with van der Waals surface area (Å²) >= 11 is 0. The SMILES string of the molecule is COCCN(Cc1ccc(C(C)C)cc1)Cc1cc(=O)oc2ccc(C)cc12. The van der Waals surface area contributed by atoms with E-state index in [1.807, 2.05) is 19.1 Å². The molecule has 0 amide bonds. The van der Waals surface area contributed by atoms with Crippen LogP contribution in [0.3, 0.4) is 0 Å². The van der Waals surface area contributed by atoms with E-state index >= 15 is 0 Å². The number of benzene rings is 2. The van der Waals surface area contributed by atoms with Gasteiger partial charge in [-0.3, -0.25) is 4.90 Å². The molecule has 3 aromatic rings. The Morgan fingerprint density at radius 3 is 2.46 bits per heavy atom. The molecule has 0 aliphatic heterocycles. The van der Waals surface area contributed by atoms with Gasteiger partial charge in [0, 0.05) is 38.2 Å². The summed E-state index contributed by atoms with van der Waals surface area (Å²) in [4.78, 5) is 14.3. The number of aryl methyl sites for hydroxylation is 1. The van der Waals surface area contributed by atoms with Gasteiger partial charge in [0.25, 0.3) is 0 Å². The predicted octanol–water partition coefficient (Wildman–Crippen LogP) is 4.87. The van der Waals surface area contributed by atoms with E-state index in [0.29, 0.717) is 24.7 Å². The molecule has 0 saturated carbocycles. The van der Waals surface area contributed by atoms with Crippen molar-refractivity contribution in [1.82, 2.24) is 4.90 Å². The van der Waals surface area contributed by atoms with Crippen molar-refractivity contribution in [2.45, 2.75) is 39.8 Å². The molecule has 0 unspecified atom stereocenters. The van der Waals surface area contributed by atoms with Crippen molar-refractivity contribution < 1.29 is 9.15 Å². The minimum absolute atomic E-state index is 0.306. The van der Waals surface area contributed by atoms with Crippen LogP contribution in [-0.4, -0.2) is 25.2 Å². The lowest BCUT2D eigenvalue weighted by atomic mass is 10.0. The number of hydrogen-bond acceptors (Lipinski definition) is 4. The smallest absolute Gasteiger partial charge is 0.336 e. The van der Waals surface area contributed by atoms with Crippen LogP contribution in [0.2, 0.25) is 0 Å². The van der Waals surface area contributed by atoms with Crippen LogP contribution in [-0.2, 0) is 17.8 Å². The number of fused-ring (bicyclic) bond motifs is 1. The second-order valence-corrected chi connectivity index (χ2v) is 7.69. The van der Waals surface area contributed by atoms with Crippen LogP contribution in [0.1, 0.15) is 42.0 Å². The molecule has 28 heavy (non-hydrogen) atoms. The Labute approximate surface area is 166 Å². The van der Waals surface area contributed by atoms with Gasteiger partial charge in [-0.05, 0) is 41.7 Å². The first-order valence-corrected chi connectivity index (χ1v) is 9.80. The van der Waals surface area contributed by atoms with Gasteiger partial charge < -0.3 is 9.15 Å². The third kappa shape index (κ3) is 5.09. The Bertz CT molecular complexity index is 973. The van der Waals surface area contributed by atoms with Gasteiger partial charge in [0.2, 0.25) is 0 Å². The topological polar surface area (TPSA) is 42.7 Å². The molecule has 1 heterocycles. The molecule has 0 bridgehead atoms. The average Bonchev–Trinajstić information content (AvgIpc) is 2.67. The van der Waals surface area contributed by atoms with Gasteiger partial charge in [-0.25, -0.2) is 4.79 Å². The van der Waals surface area contributed by atoms with E-state index in [-0.39, 0.29) is 5.63 Å². The molecule has 0 spiro atoms. The van der Waals surface area contributed by atoms with E-state index < -0.39 is 0 Å². The van der Waals surface area contributed by atoms with Crippen LogP contribution < -0.4 is 5.63 Å². The fourth-order valence-corrected chi connectivity index (χ4v) is 3.41. The summed E-state index contributed by atoms with van der Waals surface area (Å²) in [5, 5.41) is 0.997. The van der Waals surface area contributed by atoms with Crippen molar-refractivity contribution in [2.24, 2.45) is 0 Å². The standard InChI is InChI=1S/C24H29NO3/c1-17(2)20-8-6-19(7-9-20)15-25(11-12-27-4)16-21-14-24(26)28-23-10-5-18(3)13-22(21)23/h5-10,13-14,17H,11-12,15-16H2,1-4H3. The van der Waals surface area contributed by atoms with E-state index in [1.54, 1.807) is 13.2 Å². The average molecular weight is 380 g/mol. The lowest BCUT2D eigenvalue weighted by Crippen LogP contribution is -2.27. The van der Waals surface area contributed by atoms with E-state index in [0.717, 1.165) is 29.6 Å². The summed E-state index contributed by atoms with van der Waals surface area (Å²) in [6.07, 6.45) is 0. The molecule has 0 radical (unpaired) electrons. The number of nitrogens with zero attached hydrogens (tertiary/aromatic N) is 1. The molecule has 4 heteroatoms. The van der Waals surface area contributed by atoms with Crippen LogP contribution in [0.25, 0.3) is 11.0 Å². The Morgan fingerprint density at radius 1 is 1.04 bits per heavy atom. The largest absolute Gasteiger partial charge is 0.423 e. The summed E-state index contributed by atoms with van der Waals surface area (Å²) in [5.41, 5.74) is 5.07. The van der Waals surface area contributed by atoms with Crippen molar-refractivity contribution in [3.05, 3.63) is 81.2 Å². The summed E-state index contributed by atoms with van der Waals surface area (Å²) in [5.74, 6) is 0.525. The van der Waals surface area contributed by atoms with E-state index in [9.17, 15) is 4.79 Å². The maximum absolute atomic E-state index is 12.0. The fraction of sp³-hybridized carbons (Fsp3) is 0.375. The monoisotopic (exact) mass is 379 g/mol. The van der Waals surface area contributed by atoms with Crippen LogP contribution in [0.4, 0.5) is 0 Å². The minimum atomic E-state index is -0.306. The van der Waals surface area contributed by atoms with Gasteiger partial charge in [0.15, 0.2) is 0 Å². The quantitative estimate of drug-likeness (QED) is 0.524. The lowest BCUT2D eigenvalue weighted by molar-refractivity contribution is 0.140. The molecule has 0 fully saturated rings. The van der Waals surface area contributed by atoms with Crippen molar-refractivity contribution in [2.75, 3.05) is 20.3 Å². The summed E-state index contributed by atoms with van der Waals surface area (Å²) in [6, 6.07) is 16.3. The van der Waals surface area contributed by atoms with Crippen molar-refractivity contribution in [1.29, 1.82) is 0 Å². The van der Waals surface area contributed by atoms with Gasteiger partial charge in [-0.1, -0.05) is 49.7 Å². The fourth-order valence-electron chi connectivity index (χ4n) is 3.41. The highest BCUT2D eigenvalue weighted by atomic mass is 16.5. The highest BCUT2D eigenvalue weighted by Gasteiger charge is 2.12. The zero-order chi connectivity index (χ0) is 20.1. The molecule has 0 saturated heterocycles. The summed E-state index contributed by atoms with van der Waals surface area (Å²) in [7, 11) is 1.71. The first-order valence-electron chi connectivity index (χ1n) is 9.80. The van der Waals surface area contributed by atoms with Crippen LogP contribution in [0.15, 0.2) is 57.7 Å². The normalized spacial score (nSPS) is 11.6. The zero-order valence-electron chi connectivity index (χ0n) is 17.2. The molecule has 3 rings (SSSR count). The minimum Gasteiger partial charge on any atom is -0.423 e. The first kappa shape index (κ1) is 20.3. The van der Waals surface area contributed by atoms with E-state index in [1.165, 1.54) is 11.1 Å².